The van der Waals surface area contributed by atoms with Crippen LogP contribution < -0.4 is 5.32 Å². The molecule has 116 valence electrons. The van der Waals surface area contributed by atoms with Crippen LogP contribution in [0.5, 0.6) is 0 Å². The third-order valence-corrected chi connectivity index (χ3v) is 4.68. The predicted octanol–water partition coefficient (Wildman–Crippen LogP) is 2.37. The maximum Gasteiger partial charge on any atom is 0.0890 e. The van der Waals surface area contributed by atoms with Gasteiger partial charge in [-0.1, -0.05) is 60.7 Å². The van der Waals surface area contributed by atoms with Crippen molar-refractivity contribution >= 4 is 0 Å². The third kappa shape index (κ3) is 3.07. The Morgan fingerprint density at radius 3 is 2.36 bits per heavy atom. The summed E-state index contributed by atoms with van der Waals surface area (Å²) in [5.41, 5.74) is 2.04. The van der Waals surface area contributed by atoms with Crippen LogP contribution in [0.25, 0.3) is 0 Å². The van der Waals surface area contributed by atoms with Crippen molar-refractivity contribution in [2.24, 2.45) is 0 Å². The summed E-state index contributed by atoms with van der Waals surface area (Å²) < 4.78 is 0. The Morgan fingerprint density at radius 2 is 1.73 bits per heavy atom. The summed E-state index contributed by atoms with van der Waals surface area (Å²) in [6, 6.07) is 20.7. The number of aliphatic hydroxyl groups is 1. The number of nitrogens with one attached hydrogen (secondary N) is 1. The highest BCUT2D eigenvalue weighted by Gasteiger charge is 2.42. The van der Waals surface area contributed by atoms with E-state index in [1.54, 1.807) is 0 Å². The standard InChI is InChI=1S/C19H24N2O/c1-21-13-12-19(18(22)15-21,17-10-6-3-7-11-17)20-14-16-8-4-2-5-9-16/h2-11,18,20,22H,12-15H2,1H3. The zero-order valence-corrected chi connectivity index (χ0v) is 13.1. The first-order valence-electron chi connectivity index (χ1n) is 7.92. The number of β-amino-alcohol motifs (C(OH)–C–C–N with tert-alkyl or cyclic N) is 1. The average Bonchev–Trinajstić information content (AvgIpc) is 2.56. The zero-order chi connectivity index (χ0) is 15.4. The number of hydrogen-bond donors (Lipinski definition) is 2. The fourth-order valence-corrected chi connectivity index (χ4v) is 3.31. The number of hydrogen-bond acceptors (Lipinski definition) is 3. The average molecular weight is 296 g/mol. The lowest BCUT2D eigenvalue weighted by Gasteiger charge is -2.46. The fourth-order valence-electron chi connectivity index (χ4n) is 3.31. The Bertz CT molecular complexity index is 587. The topological polar surface area (TPSA) is 35.5 Å². The van der Waals surface area contributed by atoms with Crippen LogP contribution in [0.15, 0.2) is 60.7 Å². The van der Waals surface area contributed by atoms with E-state index in [4.69, 9.17) is 0 Å². The van der Waals surface area contributed by atoms with E-state index in [0.717, 1.165) is 19.5 Å². The first-order valence-corrected chi connectivity index (χ1v) is 7.92. The van der Waals surface area contributed by atoms with E-state index in [0.29, 0.717) is 6.54 Å². The summed E-state index contributed by atoms with van der Waals surface area (Å²) in [5.74, 6) is 0. The Hall–Kier alpha value is -1.68. The molecule has 1 aliphatic rings. The van der Waals surface area contributed by atoms with Crippen molar-refractivity contribution in [3.63, 3.8) is 0 Å². The molecule has 2 unspecified atom stereocenters. The molecule has 0 saturated carbocycles. The van der Waals surface area contributed by atoms with E-state index < -0.39 is 6.10 Å². The number of nitrogens with zero attached hydrogens (tertiary/aromatic N) is 1. The molecule has 3 rings (SSSR count). The SMILES string of the molecule is CN1CCC(NCc2ccccc2)(c2ccccc2)C(O)C1. The van der Waals surface area contributed by atoms with E-state index in [2.05, 4.69) is 53.7 Å². The minimum absolute atomic E-state index is 0.371. The summed E-state index contributed by atoms with van der Waals surface area (Å²) in [6.45, 7) is 2.43. The van der Waals surface area contributed by atoms with Crippen LogP contribution in [-0.2, 0) is 12.1 Å². The largest absolute Gasteiger partial charge is 0.389 e. The Labute approximate surface area is 132 Å². The predicted molar refractivity (Wildman–Crippen MR) is 89.5 cm³/mol. The molecule has 0 aromatic heterocycles. The van der Waals surface area contributed by atoms with Crippen LogP contribution in [0.2, 0.25) is 0 Å². The van der Waals surface area contributed by atoms with Gasteiger partial charge < -0.3 is 15.3 Å². The molecule has 22 heavy (non-hydrogen) atoms. The summed E-state index contributed by atoms with van der Waals surface area (Å²) in [4.78, 5) is 2.19. The number of aliphatic hydroxyl groups excluding tert-OH is 1. The number of benzene rings is 2. The maximum absolute atomic E-state index is 10.8. The highest BCUT2D eigenvalue weighted by molar-refractivity contribution is 5.28. The molecule has 3 nitrogen and oxygen atoms in total. The van der Waals surface area contributed by atoms with E-state index in [1.807, 2.05) is 24.3 Å². The molecule has 2 N–H and O–H groups in total. The molecule has 1 saturated heterocycles. The molecule has 2 aromatic rings. The zero-order valence-electron chi connectivity index (χ0n) is 13.1. The summed E-state index contributed by atoms with van der Waals surface area (Å²) in [7, 11) is 2.06. The Kier molecular flexibility index (Phi) is 4.57. The molecular weight excluding hydrogens is 272 g/mol. The van der Waals surface area contributed by atoms with E-state index >= 15 is 0 Å². The van der Waals surface area contributed by atoms with Crippen molar-refractivity contribution in [1.82, 2.24) is 10.2 Å². The Morgan fingerprint density at radius 1 is 1.09 bits per heavy atom. The number of rotatable bonds is 4. The van der Waals surface area contributed by atoms with Gasteiger partial charge in [0.15, 0.2) is 0 Å². The third-order valence-electron chi connectivity index (χ3n) is 4.68. The monoisotopic (exact) mass is 296 g/mol. The van der Waals surface area contributed by atoms with Crippen LogP contribution in [0.1, 0.15) is 17.5 Å². The first-order chi connectivity index (χ1) is 10.7. The molecule has 1 aliphatic heterocycles. The summed E-state index contributed by atoms with van der Waals surface area (Å²) in [6.07, 6.45) is 0.485. The first kappa shape index (κ1) is 15.2. The second-order valence-corrected chi connectivity index (χ2v) is 6.20. The molecule has 3 heteroatoms. The molecular formula is C19H24N2O. The van der Waals surface area contributed by atoms with Gasteiger partial charge in [0.2, 0.25) is 0 Å². The lowest BCUT2D eigenvalue weighted by Crippen LogP contribution is -2.59. The molecule has 1 heterocycles. The second-order valence-electron chi connectivity index (χ2n) is 6.20. The Balaban J connectivity index is 1.86. The molecule has 0 bridgehead atoms. The van der Waals surface area contributed by atoms with Gasteiger partial charge in [-0.2, -0.15) is 0 Å². The maximum atomic E-state index is 10.8. The van der Waals surface area contributed by atoms with Crippen molar-refractivity contribution in [3.8, 4) is 0 Å². The van der Waals surface area contributed by atoms with Crippen LogP contribution in [0.4, 0.5) is 0 Å². The van der Waals surface area contributed by atoms with E-state index in [-0.39, 0.29) is 5.54 Å². The van der Waals surface area contributed by atoms with Gasteiger partial charge in [-0.15, -0.1) is 0 Å². The van der Waals surface area contributed by atoms with Crippen molar-refractivity contribution in [3.05, 3.63) is 71.8 Å². The van der Waals surface area contributed by atoms with Gasteiger partial charge in [-0.3, -0.25) is 0 Å². The van der Waals surface area contributed by atoms with Gasteiger partial charge in [0, 0.05) is 19.6 Å². The normalized spacial score (nSPS) is 26.0. The highest BCUT2D eigenvalue weighted by Crippen LogP contribution is 2.33. The minimum atomic E-state index is -0.419. The fraction of sp³-hybridized carbons (Fsp3) is 0.368. The lowest BCUT2D eigenvalue weighted by atomic mass is 9.78. The van der Waals surface area contributed by atoms with Crippen LogP contribution in [0.3, 0.4) is 0 Å². The van der Waals surface area contributed by atoms with Gasteiger partial charge in [0.25, 0.3) is 0 Å². The minimum Gasteiger partial charge on any atom is -0.389 e. The lowest BCUT2D eigenvalue weighted by molar-refractivity contribution is -0.0107. The molecule has 2 aromatic carbocycles. The molecule has 1 fully saturated rings. The molecule has 0 amide bonds. The molecule has 0 spiro atoms. The van der Waals surface area contributed by atoms with Crippen molar-refractivity contribution in [2.75, 3.05) is 20.1 Å². The van der Waals surface area contributed by atoms with Crippen LogP contribution in [-0.4, -0.2) is 36.2 Å². The summed E-state index contributed by atoms with van der Waals surface area (Å²) >= 11 is 0. The van der Waals surface area contributed by atoms with Crippen molar-refractivity contribution < 1.29 is 5.11 Å². The van der Waals surface area contributed by atoms with Gasteiger partial charge in [-0.25, -0.2) is 0 Å². The molecule has 0 radical (unpaired) electrons. The molecule has 2 atom stereocenters. The number of likely N-dealkylation sites (N-methyl/N-ethyl adjacent to an activating group) is 1. The van der Waals surface area contributed by atoms with E-state index in [9.17, 15) is 5.11 Å². The number of piperidine rings is 1. The smallest absolute Gasteiger partial charge is 0.0890 e. The molecule has 0 aliphatic carbocycles. The number of likely N-dealkylation sites (tertiary alicyclic amines) is 1. The van der Waals surface area contributed by atoms with Crippen molar-refractivity contribution in [1.29, 1.82) is 0 Å². The van der Waals surface area contributed by atoms with Gasteiger partial charge in [0.1, 0.15) is 0 Å². The van der Waals surface area contributed by atoms with Crippen molar-refractivity contribution in [2.45, 2.75) is 24.6 Å². The summed E-state index contributed by atoms with van der Waals surface area (Å²) in [5, 5.41) is 14.5. The van der Waals surface area contributed by atoms with Gasteiger partial charge >= 0.3 is 0 Å². The highest BCUT2D eigenvalue weighted by atomic mass is 16.3. The van der Waals surface area contributed by atoms with E-state index in [1.165, 1.54) is 11.1 Å². The van der Waals surface area contributed by atoms with Crippen LogP contribution >= 0.6 is 0 Å². The van der Waals surface area contributed by atoms with Crippen LogP contribution in [0, 0.1) is 0 Å². The second kappa shape index (κ2) is 6.61. The quantitative estimate of drug-likeness (QED) is 0.909. The van der Waals surface area contributed by atoms with Gasteiger partial charge in [0.05, 0.1) is 11.6 Å². The van der Waals surface area contributed by atoms with Gasteiger partial charge in [-0.05, 0) is 24.6 Å².